The molecule has 0 saturated heterocycles. The lowest BCUT2D eigenvalue weighted by molar-refractivity contribution is 0.602. The van der Waals surface area contributed by atoms with E-state index in [1.165, 1.54) is 24.3 Å². The van der Waals surface area contributed by atoms with Crippen molar-refractivity contribution in [2.24, 2.45) is 0 Å². The van der Waals surface area contributed by atoms with Crippen LogP contribution in [0, 0.1) is 12.7 Å². The molecule has 3 nitrogen and oxygen atoms in total. The minimum absolute atomic E-state index is 0.109. The van der Waals surface area contributed by atoms with E-state index in [4.69, 9.17) is 11.6 Å². The second-order valence-electron chi connectivity index (χ2n) is 3.75. The van der Waals surface area contributed by atoms with Crippen molar-refractivity contribution in [3.05, 3.63) is 44.5 Å². The molecule has 0 aliphatic carbocycles. The van der Waals surface area contributed by atoms with E-state index in [-0.39, 0.29) is 8.68 Å². The molecule has 0 saturated carbocycles. The monoisotopic (exact) mass is 383 g/mol. The van der Waals surface area contributed by atoms with Gasteiger partial charge in [0.15, 0.2) is 0 Å². The zero-order valence-electron chi connectivity index (χ0n) is 9.58. The molecule has 1 aromatic carbocycles. The molecule has 2 aromatic rings. The molecule has 0 unspecified atom stereocenters. The quantitative estimate of drug-likeness (QED) is 0.852. The summed E-state index contributed by atoms with van der Waals surface area (Å²) in [6.07, 6.45) is 0. The van der Waals surface area contributed by atoms with E-state index in [1.807, 2.05) is 0 Å². The molecular formula is C11H8BrClFNO2S2. The largest absolute Gasteiger partial charge is 0.279 e. The summed E-state index contributed by atoms with van der Waals surface area (Å²) < 4.78 is 40.6. The molecule has 0 atom stereocenters. The highest BCUT2D eigenvalue weighted by atomic mass is 79.9. The van der Waals surface area contributed by atoms with Crippen LogP contribution in [0.3, 0.4) is 0 Å². The number of nitrogens with one attached hydrogen (secondary N) is 1. The first kappa shape index (κ1) is 14.8. The minimum Gasteiger partial charge on any atom is -0.279 e. The van der Waals surface area contributed by atoms with E-state index in [0.717, 1.165) is 11.3 Å². The molecule has 1 N–H and O–H groups in total. The van der Waals surface area contributed by atoms with Crippen molar-refractivity contribution in [1.82, 2.24) is 0 Å². The fourth-order valence-electron chi connectivity index (χ4n) is 1.39. The van der Waals surface area contributed by atoms with Gasteiger partial charge in [-0.1, -0.05) is 11.6 Å². The molecule has 0 radical (unpaired) electrons. The van der Waals surface area contributed by atoms with Crippen molar-refractivity contribution in [3.8, 4) is 0 Å². The summed E-state index contributed by atoms with van der Waals surface area (Å²) >= 11 is 9.69. The summed E-state index contributed by atoms with van der Waals surface area (Å²) in [7, 11) is -3.70. The predicted molar refractivity (Wildman–Crippen MR) is 79.0 cm³/mol. The molecule has 0 aliphatic rings. The summed E-state index contributed by atoms with van der Waals surface area (Å²) in [5.41, 5.74) is 0.810. The van der Waals surface area contributed by atoms with Crippen LogP contribution in [0.15, 0.2) is 32.9 Å². The maximum absolute atomic E-state index is 13.3. The molecule has 1 heterocycles. The van der Waals surface area contributed by atoms with Gasteiger partial charge >= 0.3 is 0 Å². The summed E-state index contributed by atoms with van der Waals surface area (Å²) in [5, 5.41) is 0. The van der Waals surface area contributed by atoms with Crippen LogP contribution < -0.4 is 4.72 Å². The van der Waals surface area contributed by atoms with Gasteiger partial charge in [-0.3, -0.25) is 4.72 Å². The highest BCUT2D eigenvalue weighted by molar-refractivity contribution is 9.10. The van der Waals surface area contributed by atoms with Crippen LogP contribution in [-0.2, 0) is 10.0 Å². The van der Waals surface area contributed by atoms with Gasteiger partial charge in [-0.2, -0.15) is 0 Å². The number of halogens is 3. The molecule has 1 aromatic heterocycles. The normalized spacial score (nSPS) is 11.6. The van der Waals surface area contributed by atoms with Crippen LogP contribution in [0.1, 0.15) is 5.56 Å². The van der Waals surface area contributed by atoms with Crippen molar-refractivity contribution < 1.29 is 12.8 Å². The van der Waals surface area contributed by atoms with E-state index < -0.39 is 15.8 Å². The van der Waals surface area contributed by atoms with Gasteiger partial charge in [0.25, 0.3) is 10.0 Å². The molecule has 0 aliphatic heterocycles. The fraction of sp³-hybridized carbons (Fsp3) is 0.0909. The summed E-state index contributed by atoms with van der Waals surface area (Å²) in [6, 6.07) is 5.57. The van der Waals surface area contributed by atoms with Gasteiger partial charge in [0.05, 0.1) is 14.5 Å². The topological polar surface area (TPSA) is 46.2 Å². The summed E-state index contributed by atoms with van der Waals surface area (Å²) in [6.45, 7) is 1.62. The van der Waals surface area contributed by atoms with Gasteiger partial charge in [0.1, 0.15) is 10.0 Å². The maximum Gasteiger partial charge on any atom is 0.271 e. The Kier molecular flexibility index (Phi) is 4.20. The van der Waals surface area contributed by atoms with Crippen LogP contribution in [0.5, 0.6) is 0 Å². The van der Waals surface area contributed by atoms with Crippen LogP contribution in [0.4, 0.5) is 10.1 Å². The van der Waals surface area contributed by atoms with Crippen LogP contribution in [0.25, 0.3) is 0 Å². The number of rotatable bonds is 3. The first-order chi connectivity index (χ1) is 8.79. The molecule has 0 bridgehead atoms. The Morgan fingerprint density at radius 3 is 2.63 bits per heavy atom. The van der Waals surface area contributed by atoms with Gasteiger partial charge < -0.3 is 0 Å². The number of thiophene rings is 1. The average Bonchev–Trinajstić information content (AvgIpc) is 2.73. The Bertz CT molecular complexity index is 730. The lowest BCUT2D eigenvalue weighted by Crippen LogP contribution is -2.12. The van der Waals surface area contributed by atoms with E-state index in [0.29, 0.717) is 15.6 Å². The third-order valence-electron chi connectivity index (χ3n) is 2.33. The zero-order chi connectivity index (χ0) is 14.2. The van der Waals surface area contributed by atoms with Crippen LogP contribution in [-0.4, -0.2) is 8.42 Å². The van der Waals surface area contributed by atoms with E-state index in [1.54, 1.807) is 6.92 Å². The Morgan fingerprint density at radius 2 is 2.05 bits per heavy atom. The third-order valence-corrected chi connectivity index (χ3v) is 6.02. The highest BCUT2D eigenvalue weighted by Gasteiger charge is 2.18. The Morgan fingerprint density at radius 1 is 1.37 bits per heavy atom. The van der Waals surface area contributed by atoms with Crippen molar-refractivity contribution in [3.63, 3.8) is 0 Å². The molecule has 19 heavy (non-hydrogen) atoms. The first-order valence-electron chi connectivity index (χ1n) is 5.03. The van der Waals surface area contributed by atoms with Crippen molar-refractivity contribution in [1.29, 1.82) is 0 Å². The Hall–Kier alpha value is -0.630. The van der Waals surface area contributed by atoms with Crippen molar-refractivity contribution in [2.45, 2.75) is 11.1 Å². The van der Waals surface area contributed by atoms with Gasteiger partial charge in [0.2, 0.25) is 0 Å². The molecule has 102 valence electrons. The SMILES string of the molecule is Cc1cc(F)c(Br)cc1NS(=O)(=O)c1ccc(Cl)s1. The second kappa shape index (κ2) is 5.40. The van der Waals surface area contributed by atoms with Gasteiger partial charge in [-0.05, 0) is 52.7 Å². The number of hydrogen-bond donors (Lipinski definition) is 1. The lowest BCUT2D eigenvalue weighted by atomic mass is 10.2. The Labute approximate surface area is 127 Å². The number of hydrogen-bond acceptors (Lipinski definition) is 3. The maximum atomic E-state index is 13.3. The standard InChI is InChI=1S/C11H8BrClFNO2S2/c1-6-4-8(14)7(12)5-9(6)15-19(16,17)11-3-2-10(13)18-11/h2-5,15H,1H3. The van der Waals surface area contributed by atoms with Crippen molar-refractivity contribution in [2.75, 3.05) is 4.72 Å². The minimum atomic E-state index is -3.70. The predicted octanol–water partition coefficient (Wildman–Crippen LogP) is 4.41. The number of benzene rings is 1. The van der Waals surface area contributed by atoms with E-state index >= 15 is 0 Å². The molecule has 2 rings (SSSR count). The van der Waals surface area contributed by atoms with Gasteiger partial charge in [-0.15, -0.1) is 11.3 Å². The zero-order valence-corrected chi connectivity index (χ0v) is 13.6. The molecular weight excluding hydrogens is 377 g/mol. The third kappa shape index (κ3) is 3.28. The Balaban J connectivity index is 2.38. The first-order valence-corrected chi connectivity index (χ1v) is 8.50. The number of sulfonamides is 1. The molecule has 0 amide bonds. The molecule has 0 fully saturated rings. The highest BCUT2D eigenvalue weighted by Crippen LogP contribution is 2.30. The van der Waals surface area contributed by atoms with E-state index in [9.17, 15) is 12.8 Å². The number of aryl methyl sites for hydroxylation is 1. The summed E-state index contributed by atoms with van der Waals surface area (Å²) in [5.74, 6) is -0.445. The lowest BCUT2D eigenvalue weighted by Gasteiger charge is -2.10. The van der Waals surface area contributed by atoms with Crippen molar-refractivity contribution >= 4 is 54.6 Å². The average molecular weight is 385 g/mol. The fourth-order valence-corrected chi connectivity index (χ4v) is 4.34. The smallest absolute Gasteiger partial charge is 0.271 e. The molecule has 0 spiro atoms. The van der Waals surface area contributed by atoms with E-state index in [2.05, 4.69) is 20.7 Å². The summed E-state index contributed by atoms with van der Waals surface area (Å²) in [4.78, 5) is 0. The van der Waals surface area contributed by atoms with Crippen LogP contribution in [0.2, 0.25) is 4.34 Å². The van der Waals surface area contributed by atoms with Gasteiger partial charge in [-0.25, -0.2) is 12.8 Å². The number of anilines is 1. The van der Waals surface area contributed by atoms with Crippen LogP contribution >= 0.6 is 38.9 Å². The van der Waals surface area contributed by atoms with Gasteiger partial charge in [0, 0.05) is 0 Å². The molecule has 8 heteroatoms. The second-order valence-corrected chi connectivity index (χ2v) is 8.22.